The first kappa shape index (κ1) is 15.6. The Morgan fingerprint density at radius 2 is 1.90 bits per heavy atom. The van der Waals surface area contributed by atoms with E-state index in [1.165, 1.54) is 0 Å². The summed E-state index contributed by atoms with van der Waals surface area (Å²) in [6.07, 6.45) is 3.36. The van der Waals surface area contributed by atoms with Crippen molar-refractivity contribution in [1.29, 1.82) is 0 Å². The van der Waals surface area contributed by atoms with E-state index < -0.39 is 10.0 Å². The topological polar surface area (TPSA) is 85.1 Å². The third-order valence-corrected chi connectivity index (χ3v) is 4.72. The van der Waals surface area contributed by atoms with Crippen molar-refractivity contribution in [1.82, 2.24) is 9.71 Å². The van der Waals surface area contributed by atoms with E-state index in [1.54, 1.807) is 42.7 Å². The third kappa shape index (κ3) is 3.87. The predicted octanol–water partition coefficient (Wildman–Crippen LogP) is 1.89. The molecule has 1 aromatic carbocycles. The van der Waals surface area contributed by atoms with Crippen LogP contribution in [0.2, 0.25) is 0 Å². The van der Waals surface area contributed by atoms with Gasteiger partial charge in [-0.25, -0.2) is 13.1 Å². The average Bonchev–Trinajstić information content (AvgIpc) is 2.46. The van der Waals surface area contributed by atoms with Gasteiger partial charge in [0, 0.05) is 25.0 Å². The van der Waals surface area contributed by atoms with Crippen LogP contribution in [0.4, 0.5) is 0 Å². The zero-order valence-corrected chi connectivity index (χ0v) is 12.9. The van der Waals surface area contributed by atoms with Gasteiger partial charge in [-0.2, -0.15) is 0 Å². The minimum absolute atomic E-state index is 0.116. The van der Waals surface area contributed by atoms with Gasteiger partial charge in [0.1, 0.15) is 0 Å². The first-order valence-corrected chi connectivity index (χ1v) is 8.13. The first-order chi connectivity index (χ1) is 9.90. The summed E-state index contributed by atoms with van der Waals surface area (Å²) in [5, 5.41) is 0. The molecule has 1 aromatic heterocycles. The molecule has 112 valence electrons. The van der Waals surface area contributed by atoms with E-state index in [-0.39, 0.29) is 17.5 Å². The molecule has 1 heterocycles. The van der Waals surface area contributed by atoms with Gasteiger partial charge < -0.3 is 5.73 Å². The summed E-state index contributed by atoms with van der Waals surface area (Å²) < 4.78 is 27.1. The van der Waals surface area contributed by atoms with E-state index in [9.17, 15) is 8.42 Å². The molecule has 21 heavy (non-hydrogen) atoms. The van der Waals surface area contributed by atoms with Crippen molar-refractivity contribution >= 4 is 10.0 Å². The van der Waals surface area contributed by atoms with Crippen LogP contribution in [0.25, 0.3) is 0 Å². The number of benzene rings is 1. The lowest BCUT2D eigenvalue weighted by Crippen LogP contribution is -2.23. The Balaban J connectivity index is 2.13. The Hall–Kier alpha value is -1.76. The summed E-state index contributed by atoms with van der Waals surface area (Å²) >= 11 is 0. The zero-order chi connectivity index (χ0) is 15.5. The molecule has 0 saturated heterocycles. The van der Waals surface area contributed by atoms with Crippen LogP contribution >= 0.6 is 0 Å². The fraction of sp³-hybridized carbons (Fsp3) is 0.267. The summed E-state index contributed by atoms with van der Waals surface area (Å²) in [5.41, 5.74) is 8.51. The number of aromatic nitrogens is 1. The highest BCUT2D eigenvalue weighted by Gasteiger charge is 2.14. The Kier molecular flexibility index (Phi) is 4.72. The minimum atomic E-state index is -3.53. The molecule has 0 amide bonds. The van der Waals surface area contributed by atoms with E-state index >= 15 is 0 Å². The molecule has 0 radical (unpaired) electrons. The molecule has 0 fully saturated rings. The Labute approximate surface area is 125 Å². The van der Waals surface area contributed by atoms with Gasteiger partial charge >= 0.3 is 0 Å². The van der Waals surface area contributed by atoms with Gasteiger partial charge in [-0.15, -0.1) is 0 Å². The monoisotopic (exact) mass is 305 g/mol. The van der Waals surface area contributed by atoms with E-state index in [1.807, 2.05) is 13.8 Å². The van der Waals surface area contributed by atoms with Crippen LogP contribution in [0, 0.1) is 6.92 Å². The Morgan fingerprint density at radius 3 is 2.48 bits per heavy atom. The molecule has 0 aliphatic carbocycles. The van der Waals surface area contributed by atoms with Gasteiger partial charge in [0.25, 0.3) is 0 Å². The molecule has 3 N–H and O–H groups in total. The maximum absolute atomic E-state index is 12.2. The van der Waals surface area contributed by atoms with Crippen LogP contribution in [-0.2, 0) is 16.6 Å². The first-order valence-electron chi connectivity index (χ1n) is 6.65. The van der Waals surface area contributed by atoms with Gasteiger partial charge in [-0.1, -0.05) is 12.1 Å². The van der Waals surface area contributed by atoms with E-state index in [4.69, 9.17) is 5.73 Å². The number of nitrogens with one attached hydrogen (secondary N) is 1. The van der Waals surface area contributed by atoms with Crippen molar-refractivity contribution < 1.29 is 8.42 Å². The van der Waals surface area contributed by atoms with Gasteiger partial charge in [-0.05, 0) is 48.7 Å². The smallest absolute Gasteiger partial charge is 0.240 e. The standard InChI is InChI=1S/C15H19N3O2S/c1-11-9-17-8-7-14(11)10-18-21(19,20)15-5-3-13(4-6-15)12(2)16/h3-9,12,18H,10,16H2,1-2H3. The molecule has 0 aliphatic rings. The number of hydrogen-bond acceptors (Lipinski definition) is 4. The van der Waals surface area contributed by atoms with Crippen LogP contribution in [0.1, 0.15) is 29.7 Å². The summed E-state index contributed by atoms with van der Waals surface area (Å²) in [4.78, 5) is 4.22. The number of hydrogen-bond donors (Lipinski definition) is 2. The van der Waals surface area contributed by atoms with Crippen LogP contribution in [0.15, 0.2) is 47.6 Å². The summed E-state index contributed by atoms with van der Waals surface area (Å²) in [5.74, 6) is 0. The van der Waals surface area contributed by atoms with Crippen LogP contribution < -0.4 is 10.5 Å². The molecule has 0 aliphatic heterocycles. The maximum atomic E-state index is 12.2. The SMILES string of the molecule is Cc1cnccc1CNS(=O)(=O)c1ccc(C(C)N)cc1. The van der Waals surface area contributed by atoms with Gasteiger partial charge in [0.2, 0.25) is 10.0 Å². The third-order valence-electron chi connectivity index (χ3n) is 3.31. The molecule has 5 nitrogen and oxygen atoms in total. The Bertz CT molecular complexity index is 710. The van der Waals surface area contributed by atoms with Crippen LogP contribution in [0.5, 0.6) is 0 Å². The van der Waals surface area contributed by atoms with E-state index in [0.29, 0.717) is 0 Å². The Morgan fingerprint density at radius 1 is 1.24 bits per heavy atom. The van der Waals surface area contributed by atoms with Crippen molar-refractivity contribution in [2.45, 2.75) is 31.3 Å². The largest absolute Gasteiger partial charge is 0.324 e. The van der Waals surface area contributed by atoms with E-state index in [2.05, 4.69) is 9.71 Å². The maximum Gasteiger partial charge on any atom is 0.240 e. The summed E-state index contributed by atoms with van der Waals surface area (Å²) in [7, 11) is -3.53. The number of nitrogens with zero attached hydrogens (tertiary/aromatic N) is 1. The fourth-order valence-electron chi connectivity index (χ4n) is 1.91. The lowest BCUT2D eigenvalue weighted by molar-refractivity contribution is 0.581. The molecule has 2 rings (SSSR count). The molecule has 1 unspecified atom stereocenters. The highest BCUT2D eigenvalue weighted by Crippen LogP contribution is 2.15. The predicted molar refractivity (Wildman–Crippen MR) is 82.0 cm³/mol. The number of rotatable bonds is 5. The molecule has 0 spiro atoms. The second kappa shape index (κ2) is 6.34. The molecule has 0 saturated carbocycles. The lowest BCUT2D eigenvalue weighted by atomic mass is 10.1. The molecular formula is C15H19N3O2S. The minimum Gasteiger partial charge on any atom is -0.324 e. The second-order valence-electron chi connectivity index (χ2n) is 4.98. The van der Waals surface area contributed by atoms with Gasteiger partial charge in [-0.3, -0.25) is 4.98 Å². The number of aryl methyl sites for hydroxylation is 1. The van der Waals surface area contributed by atoms with E-state index in [0.717, 1.165) is 16.7 Å². The van der Waals surface area contributed by atoms with Crippen molar-refractivity contribution in [3.05, 3.63) is 59.4 Å². The zero-order valence-electron chi connectivity index (χ0n) is 12.1. The summed E-state index contributed by atoms with van der Waals surface area (Å²) in [6.45, 7) is 3.99. The quantitative estimate of drug-likeness (QED) is 0.883. The second-order valence-corrected chi connectivity index (χ2v) is 6.75. The highest BCUT2D eigenvalue weighted by atomic mass is 32.2. The summed E-state index contributed by atoms with van der Waals surface area (Å²) in [6, 6.07) is 8.29. The van der Waals surface area contributed by atoms with Crippen LogP contribution in [-0.4, -0.2) is 13.4 Å². The van der Waals surface area contributed by atoms with Crippen molar-refractivity contribution in [3.8, 4) is 0 Å². The molecule has 6 heteroatoms. The van der Waals surface area contributed by atoms with Crippen molar-refractivity contribution in [2.24, 2.45) is 5.73 Å². The molecule has 1 atom stereocenters. The van der Waals surface area contributed by atoms with Crippen molar-refractivity contribution in [3.63, 3.8) is 0 Å². The number of nitrogens with two attached hydrogens (primary N) is 1. The number of pyridine rings is 1. The lowest BCUT2D eigenvalue weighted by Gasteiger charge is -2.10. The van der Waals surface area contributed by atoms with Gasteiger partial charge in [0.15, 0.2) is 0 Å². The van der Waals surface area contributed by atoms with Gasteiger partial charge in [0.05, 0.1) is 4.90 Å². The molecular weight excluding hydrogens is 286 g/mol. The normalized spacial score (nSPS) is 13.1. The molecule has 0 bridgehead atoms. The number of sulfonamides is 1. The molecule has 2 aromatic rings. The average molecular weight is 305 g/mol. The highest BCUT2D eigenvalue weighted by molar-refractivity contribution is 7.89. The van der Waals surface area contributed by atoms with Crippen molar-refractivity contribution in [2.75, 3.05) is 0 Å². The van der Waals surface area contributed by atoms with Crippen LogP contribution in [0.3, 0.4) is 0 Å². The fourth-order valence-corrected chi connectivity index (χ4v) is 2.91.